The van der Waals surface area contributed by atoms with E-state index < -0.39 is 0 Å². The van der Waals surface area contributed by atoms with E-state index in [-0.39, 0.29) is 6.23 Å². The van der Waals surface area contributed by atoms with Gasteiger partial charge in [-0.1, -0.05) is 60.1 Å². The maximum Gasteiger partial charge on any atom is 0.198 e. The Kier molecular flexibility index (Phi) is 3.94. The molecule has 1 heterocycles. The molecular formula is C21H16ClNO2. The maximum atomic E-state index is 11.5. The minimum absolute atomic E-state index is 0.190. The number of carbonyl (C=O) groups excluding carboxylic acids is 1. The number of hydrogen-bond acceptors (Lipinski definition) is 3. The van der Waals surface area contributed by atoms with Crippen molar-refractivity contribution in [1.29, 1.82) is 0 Å². The molecule has 1 atom stereocenters. The Hall–Kier alpha value is -2.78. The molecule has 0 aromatic heterocycles. The summed E-state index contributed by atoms with van der Waals surface area (Å²) in [6.45, 7) is 0. The molecule has 0 N–H and O–H groups in total. The Balaban J connectivity index is 1.83. The average Bonchev–Trinajstić information content (AvgIpc) is 2.99. The SMILES string of the molecule is CN1c2cccc(-c3ccc(Cl)cc3C=O)c2OC1c1ccccc1. The summed E-state index contributed by atoms with van der Waals surface area (Å²) in [4.78, 5) is 13.6. The number of aldehydes is 1. The Bertz CT molecular complexity index is 940. The third-order valence-corrected chi connectivity index (χ3v) is 4.71. The smallest absolute Gasteiger partial charge is 0.198 e. The van der Waals surface area contributed by atoms with E-state index in [1.807, 2.05) is 61.6 Å². The van der Waals surface area contributed by atoms with Crippen LogP contribution in [0.2, 0.25) is 5.02 Å². The van der Waals surface area contributed by atoms with E-state index in [1.54, 1.807) is 12.1 Å². The fourth-order valence-corrected chi connectivity index (χ4v) is 3.42. The highest BCUT2D eigenvalue weighted by atomic mass is 35.5. The second-order valence-corrected chi connectivity index (χ2v) is 6.43. The molecule has 3 nitrogen and oxygen atoms in total. The summed E-state index contributed by atoms with van der Waals surface area (Å²) in [6.07, 6.45) is 0.637. The molecular weight excluding hydrogens is 334 g/mol. The molecule has 124 valence electrons. The number of anilines is 1. The minimum Gasteiger partial charge on any atom is -0.463 e. The van der Waals surface area contributed by atoms with E-state index >= 15 is 0 Å². The van der Waals surface area contributed by atoms with Crippen molar-refractivity contribution in [3.05, 3.63) is 82.9 Å². The number of rotatable bonds is 3. The van der Waals surface area contributed by atoms with E-state index in [9.17, 15) is 4.79 Å². The van der Waals surface area contributed by atoms with Gasteiger partial charge in [-0.25, -0.2) is 0 Å². The molecule has 0 saturated carbocycles. The molecule has 4 heteroatoms. The Morgan fingerprint density at radius 3 is 2.56 bits per heavy atom. The largest absolute Gasteiger partial charge is 0.463 e. The first-order valence-electron chi connectivity index (χ1n) is 8.01. The van der Waals surface area contributed by atoms with Crippen LogP contribution in [0.5, 0.6) is 5.75 Å². The molecule has 0 amide bonds. The molecule has 0 spiro atoms. The lowest BCUT2D eigenvalue weighted by Crippen LogP contribution is -2.22. The van der Waals surface area contributed by atoms with E-state index in [0.29, 0.717) is 10.6 Å². The van der Waals surface area contributed by atoms with Gasteiger partial charge in [-0.2, -0.15) is 0 Å². The summed E-state index contributed by atoms with van der Waals surface area (Å²) in [5.41, 5.74) is 4.34. The minimum atomic E-state index is -0.190. The van der Waals surface area contributed by atoms with Crippen LogP contribution in [0.4, 0.5) is 5.69 Å². The summed E-state index contributed by atoms with van der Waals surface area (Å²) in [7, 11) is 2.01. The van der Waals surface area contributed by atoms with Gasteiger partial charge in [0, 0.05) is 28.8 Å². The first-order chi connectivity index (χ1) is 12.2. The van der Waals surface area contributed by atoms with E-state index in [0.717, 1.165) is 34.4 Å². The number of fused-ring (bicyclic) bond motifs is 1. The van der Waals surface area contributed by atoms with E-state index in [4.69, 9.17) is 16.3 Å². The third-order valence-electron chi connectivity index (χ3n) is 4.47. The zero-order valence-electron chi connectivity index (χ0n) is 13.6. The number of ether oxygens (including phenoxy) is 1. The molecule has 1 unspecified atom stereocenters. The number of hydrogen-bond donors (Lipinski definition) is 0. The summed E-state index contributed by atoms with van der Waals surface area (Å²) in [5.74, 6) is 0.782. The summed E-state index contributed by atoms with van der Waals surface area (Å²) < 4.78 is 6.30. The van der Waals surface area contributed by atoms with Crippen LogP contribution in [0.1, 0.15) is 22.1 Å². The highest BCUT2D eigenvalue weighted by Gasteiger charge is 2.31. The van der Waals surface area contributed by atoms with Crippen molar-refractivity contribution in [3.63, 3.8) is 0 Å². The standard InChI is InChI=1S/C21H16ClNO2/c1-23-19-9-5-8-18(17-11-10-16(22)12-15(17)13-24)20(19)25-21(23)14-6-3-2-4-7-14/h2-13,21H,1H3. The highest BCUT2D eigenvalue weighted by Crippen LogP contribution is 2.48. The number of benzene rings is 3. The molecule has 0 saturated heterocycles. The number of para-hydroxylation sites is 1. The molecule has 0 bridgehead atoms. The van der Waals surface area contributed by atoms with Crippen LogP contribution in [0.25, 0.3) is 11.1 Å². The summed E-state index contributed by atoms with van der Waals surface area (Å²) in [5, 5.41) is 0.540. The van der Waals surface area contributed by atoms with Gasteiger partial charge < -0.3 is 9.64 Å². The lowest BCUT2D eigenvalue weighted by molar-refractivity contribution is 0.112. The number of halogens is 1. The fourth-order valence-electron chi connectivity index (χ4n) is 3.24. The molecule has 3 aromatic rings. The predicted octanol–water partition coefficient (Wildman–Crippen LogP) is 5.35. The molecule has 1 aliphatic heterocycles. The van der Waals surface area contributed by atoms with Crippen LogP contribution in [0.3, 0.4) is 0 Å². The second-order valence-electron chi connectivity index (χ2n) is 6.00. The zero-order chi connectivity index (χ0) is 17.4. The highest BCUT2D eigenvalue weighted by molar-refractivity contribution is 6.31. The summed E-state index contributed by atoms with van der Waals surface area (Å²) >= 11 is 6.03. The van der Waals surface area contributed by atoms with Crippen LogP contribution in [0, 0.1) is 0 Å². The van der Waals surface area contributed by atoms with Crippen molar-refractivity contribution in [2.45, 2.75) is 6.23 Å². The van der Waals surface area contributed by atoms with Gasteiger partial charge in [-0.05, 0) is 23.8 Å². The topological polar surface area (TPSA) is 29.5 Å². The zero-order valence-corrected chi connectivity index (χ0v) is 14.4. The fraction of sp³-hybridized carbons (Fsp3) is 0.0952. The van der Waals surface area contributed by atoms with Crippen LogP contribution in [-0.4, -0.2) is 13.3 Å². The Labute approximate surface area is 151 Å². The Morgan fingerprint density at radius 2 is 1.80 bits per heavy atom. The van der Waals surface area contributed by atoms with Crippen LogP contribution in [0.15, 0.2) is 66.7 Å². The molecule has 1 aliphatic rings. The van der Waals surface area contributed by atoms with Gasteiger partial charge in [0.25, 0.3) is 0 Å². The molecule has 4 rings (SSSR count). The Morgan fingerprint density at radius 1 is 1.00 bits per heavy atom. The van der Waals surface area contributed by atoms with Crippen molar-refractivity contribution in [2.24, 2.45) is 0 Å². The van der Waals surface area contributed by atoms with Crippen LogP contribution < -0.4 is 9.64 Å². The molecule has 0 aliphatic carbocycles. The molecule has 3 aromatic carbocycles. The first kappa shape index (κ1) is 15.7. The second kappa shape index (κ2) is 6.26. The molecule has 0 radical (unpaired) electrons. The van der Waals surface area contributed by atoms with Crippen molar-refractivity contribution >= 4 is 23.6 Å². The number of carbonyl (C=O) groups is 1. The van der Waals surface area contributed by atoms with Gasteiger partial charge >= 0.3 is 0 Å². The van der Waals surface area contributed by atoms with Crippen molar-refractivity contribution in [1.82, 2.24) is 0 Å². The summed E-state index contributed by atoms with van der Waals surface area (Å²) in [6, 6.07) is 21.4. The van der Waals surface area contributed by atoms with Gasteiger partial charge in [0.15, 0.2) is 18.3 Å². The van der Waals surface area contributed by atoms with Crippen molar-refractivity contribution in [3.8, 4) is 16.9 Å². The van der Waals surface area contributed by atoms with Gasteiger partial charge in [-0.3, -0.25) is 4.79 Å². The van der Waals surface area contributed by atoms with Crippen LogP contribution >= 0.6 is 11.6 Å². The van der Waals surface area contributed by atoms with Gasteiger partial charge in [-0.15, -0.1) is 0 Å². The van der Waals surface area contributed by atoms with E-state index in [2.05, 4.69) is 4.90 Å². The van der Waals surface area contributed by atoms with Crippen molar-refractivity contribution < 1.29 is 9.53 Å². The normalized spacial score (nSPS) is 15.6. The van der Waals surface area contributed by atoms with E-state index in [1.165, 1.54) is 0 Å². The predicted molar refractivity (Wildman–Crippen MR) is 100 cm³/mol. The van der Waals surface area contributed by atoms with Crippen molar-refractivity contribution in [2.75, 3.05) is 11.9 Å². The third kappa shape index (κ3) is 2.67. The average molecular weight is 350 g/mol. The lowest BCUT2D eigenvalue weighted by Gasteiger charge is -2.20. The molecule has 0 fully saturated rings. The first-order valence-corrected chi connectivity index (χ1v) is 8.39. The maximum absolute atomic E-state index is 11.5. The monoisotopic (exact) mass is 349 g/mol. The van der Waals surface area contributed by atoms with Gasteiger partial charge in [0.1, 0.15) is 0 Å². The lowest BCUT2D eigenvalue weighted by atomic mass is 9.99. The number of nitrogens with zero attached hydrogens (tertiary/aromatic N) is 1. The quantitative estimate of drug-likeness (QED) is 0.597. The van der Waals surface area contributed by atoms with Crippen LogP contribution in [-0.2, 0) is 0 Å². The molecule has 25 heavy (non-hydrogen) atoms. The van der Waals surface area contributed by atoms with Gasteiger partial charge in [0.05, 0.1) is 5.69 Å². The van der Waals surface area contributed by atoms with Gasteiger partial charge in [0.2, 0.25) is 0 Å².